The van der Waals surface area contributed by atoms with Crippen LogP contribution in [0, 0.1) is 5.92 Å². The standard InChI is InChI=1S/C10H20IN/c1-2-10-4-3-7-12(8-5-10)9-6-11/h10H,2-9H2,1H3. The zero-order valence-corrected chi connectivity index (χ0v) is 10.2. The summed E-state index contributed by atoms with van der Waals surface area (Å²) in [6.07, 6.45) is 5.72. The minimum atomic E-state index is 1.02. The van der Waals surface area contributed by atoms with Crippen molar-refractivity contribution in [2.75, 3.05) is 24.1 Å². The quantitative estimate of drug-likeness (QED) is 0.568. The molecule has 1 atom stereocenters. The van der Waals surface area contributed by atoms with E-state index in [2.05, 4.69) is 34.4 Å². The van der Waals surface area contributed by atoms with Crippen LogP contribution in [0.2, 0.25) is 0 Å². The van der Waals surface area contributed by atoms with Crippen molar-refractivity contribution in [2.24, 2.45) is 5.92 Å². The third-order valence-corrected chi connectivity index (χ3v) is 3.40. The molecule has 0 N–H and O–H groups in total. The van der Waals surface area contributed by atoms with Crippen molar-refractivity contribution in [1.29, 1.82) is 0 Å². The molecule has 0 bridgehead atoms. The first-order chi connectivity index (χ1) is 5.86. The first-order valence-corrected chi connectivity index (χ1v) is 6.67. The van der Waals surface area contributed by atoms with Crippen LogP contribution in [0.5, 0.6) is 0 Å². The van der Waals surface area contributed by atoms with Gasteiger partial charge in [-0.15, -0.1) is 0 Å². The molecule has 1 heterocycles. The predicted molar refractivity (Wildman–Crippen MR) is 63.0 cm³/mol. The summed E-state index contributed by atoms with van der Waals surface area (Å²) in [4.78, 5) is 2.63. The van der Waals surface area contributed by atoms with Crippen molar-refractivity contribution < 1.29 is 0 Å². The Hall–Kier alpha value is 0.690. The SMILES string of the molecule is CCC1CCCN(CCI)CC1. The molecule has 0 aliphatic carbocycles. The number of hydrogen-bond acceptors (Lipinski definition) is 1. The molecule has 1 unspecified atom stereocenters. The molecule has 1 rings (SSSR count). The zero-order chi connectivity index (χ0) is 8.81. The fourth-order valence-corrected chi connectivity index (χ4v) is 2.66. The summed E-state index contributed by atoms with van der Waals surface area (Å²) in [6.45, 7) is 6.33. The zero-order valence-electron chi connectivity index (χ0n) is 8.06. The molecule has 0 amide bonds. The Bertz CT molecular complexity index is 116. The molecule has 0 aromatic carbocycles. The van der Waals surface area contributed by atoms with Crippen molar-refractivity contribution in [3.05, 3.63) is 0 Å². The van der Waals surface area contributed by atoms with Gasteiger partial charge in [0, 0.05) is 11.0 Å². The lowest BCUT2D eigenvalue weighted by Crippen LogP contribution is -2.26. The van der Waals surface area contributed by atoms with Crippen LogP contribution in [0.3, 0.4) is 0 Å². The second kappa shape index (κ2) is 6.19. The number of nitrogens with zero attached hydrogens (tertiary/aromatic N) is 1. The van der Waals surface area contributed by atoms with Gasteiger partial charge in [0.25, 0.3) is 0 Å². The van der Waals surface area contributed by atoms with Crippen LogP contribution in [-0.2, 0) is 0 Å². The highest BCUT2D eigenvalue weighted by molar-refractivity contribution is 14.1. The molecule has 1 nitrogen and oxygen atoms in total. The number of rotatable bonds is 3. The largest absolute Gasteiger partial charge is 0.303 e. The van der Waals surface area contributed by atoms with Crippen LogP contribution in [-0.4, -0.2) is 29.0 Å². The molecule has 0 radical (unpaired) electrons. The second-order valence-corrected chi connectivity index (χ2v) is 4.81. The van der Waals surface area contributed by atoms with Gasteiger partial charge >= 0.3 is 0 Å². The topological polar surface area (TPSA) is 3.24 Å². The summed E-state index contributed by atoms with van der Waals surface area (Å²) in [6, 6.07) is 0. The van der Waals surface area contributed by atoms with Gasteiger partial charge in [0.15, 0.2) is 0 Å². The van der Waals surface area contributed by atoms with E-state index >= 15 is 0 Å². The fraction of sp³-hybridized carbons (Fsp3) is 1.00. The number of hydrogen-bond donors (Lipinski definition) is 0. The van der Waals surface area contributed by atoms with E-state index in [0.29, 0.717) is 0 Å². The van der Waals surface area contributed by atoms with Crippen LogP contribution >= 0.6 is 22.6 Å². The van der Waals surface area contributed by atoms with E-state index in [1.54, 1.807) is 0 Å². The fourth-order valence-electron chi connectivity index (χ4n) is 1.98. The Labute approximate surface area is 90.0 Å². The third-order valence-electron chi connectivity index (χ3n) is 2.92. The van der Waals surface area contributed by atoms with E-state index in [1.165, 1.54) is 49.7 Å². The molecule has 1 aliphatic heterocycles. The Morgan fingerprint density at radius 3 is 2.83 bits per heavy atom. The monoisotopic (exact) mass is 281 g/mol. The van der Waals surface area contributed by atoms with Gasteiger partial charge in [0.2, 0.25) is 0 Å². The molecule has 0 aromatic heterocycles. The molecule has 2 heteroatoms. The summed E-state index contributed by atoms with van der Waals surface area (Å²) in [7, 11) is 0. The normalized spacial score (nSPS) is 27.0. The molecule has 1 fully saturated rings. The summed E-state index contributed by atoms with van der Waals surface area (Å²) in [5.41, 5.74) is 0. The summed E-state index contributed by atoms with van der Waals surface area (Å²) >= 11 is 2.48. The number of alkyl halides is 1. The average molecular weight is 281 g/mol. The molecule has 0 saturated carbocycles. The van der Waals surface area contributed by atoms with Gasteiger partial charge in [-0.2, -0.15) is 0 Å². The maximum atomic E-state index is 2.63. The van der Waals surface area contributed by atoms with Crippen molar-refractivity contribution >= 4 is 22.6 Å². The van der Waals surface area contributed by atoms with Crippen molar-refractivity contribution in [2.45, 2.75) is 32.6 Å². The van der Waals surface area contributed by atoms with E-state index in [9.17, 15) is 0 Å². The van der Waals surface area contributed by atoms with Crippen LogP contribution in [0.25, 0.3) is 0 Å². The lowest BCUT2D eigenvalue weighted by molar-refractivity contribution is 0.299. The summed E-state index contributed by atoms with van der Waals surface area (Å²) in [5.74, 6) is 1.02. The first-order valence-electron chi connectivity index (χ1n) is 5.15. The first kappa shape index (κ1) is 10.8. The molecule has 1 saturated heterocycles. The summed E-state index contributed by atoms with van der Waals surface area (Å²) in [5, 5.41) is 0. The highest BCUT2D eigenvalue weighted by atomic mass is 127. The van der Waals surface area contributed by atoms with Crippen molar-refractivity contribution in [3.8, 4) is 0 Å². The molecule has 0 aromatic rings. The Balaban J connectivity index is 2.24. The molecule has 0 spiro atoms. The minimum Gasteiger partial charge on any atom is -0.303 e. The molecule has 12 heavy (non-hydrogen) atoms. The van der Waals surface area contributed by atoms with Crippen molar-refractivity contribution in [3.63, 3.8) is 0 Å². The van der Waals surface area contributed by atoms with E-state index < -0.39 is 0 Å². The van der Waals surface area contributed by atoms with Gasteiger partial charge in [-0.25, -0.2) is 0 Å². The van der Waals surface area contributed by atoms with E-state index in [-0.39, 0.29) is 0 Å². The Kier molecular flexibility index (Phi) is 5.56. The van der Waals surface area contributed by atoms with Crippen LogP contribution in [0.4, 0.5) is 0 Å². The van der Waals surface area contributed by atoms with E-state index in [0.717, 1.165) is 5.92 Å². The third kappa shape index (κ3) is 3.60. The second-order valence-electron chi connectivity index (χ2n) is 3.74. The predicted octanol–water partition coefficient (Wildman–Crippen LogP) is 2.93. The molecule has 72 valence electrons. The number of likely N-dealkylation sites (tertiary alicyclic amines) is 1. The maximum absolute atomic E-state index is 2.63. The lowest BCUT2D eigenvalue weighted by atomic mass is 9.98. The average Bonchev–Trinajstić information content (AvgIpc) is 2.31. The van der Waals surface area contributed by atoms with Crippen LogP contribution < -0.4 is 0 Å². The minimum absolute atomic E-state index is 1.02. The maximum Gasteiger partial charge on any atom is 0.0123 e. The van der Waals surface area contributed by atoms with Crippen LogP contribution in [0.1, 0.15) is 32.6 Å². The highest BCUT2D eigenvalue weighted by Gasteiger charge is 2.14. The van der Waals surface area contributed by atoms with Gasteiger partial charge in [-0.3, -0.25) is 0 Å². The molecular formula is C10H20IN. The van der Waals surface area contributed by atoms with Gasteiger partial charge in [-0.1, -0.05) is 35.9 Å². The van der Waals surface area contributed by atoms with Gasteiger partial charge < -0.3 is 4.90 Å². The highest BCUT2D eigenvalue weighted by Crippen LogP contribution is 2.19. The molecular weight excluding hydrogens is 261 g/mol. The number of halogens is 1. The van der Waals surface area contributed by atoms with Gasteiger partial charge in [0.05, 0.1) is 0 Å². The lowest BCUT2D eigenvalue weighted by Gasteiger charge is -2.18. The van der Waals surface area contributed by atoms with Gasteiger partial charge in [-0.05, 0) is 38.3 Å². The Morgan fingerprint density at radius 2 is 2.17 bits per heavy atom. The van der Waals surface area contributed by atoms with E-state index in [4.69, 9.17) is 0 Å². The van der Waals surface area contributed by atoms with Crippen LogP contribution in [0.15, 0.2) is 0 Å². The Morgan fingerprint density at radius 1 is 1.33 bits per heavy atom. The molecule has 1 aliphatic rings. The summed E-state index contributed by atoms with van der Waals surface area (Å²) < 4.78 is 1.29. The smallest absolute Gasteiger partial charge is 0.0123 e. The van der Waals surface area contributed by atoms with Gasteiger partial charge in [0.1, 0.15) is 0 Å². The van der Waals surface area contributed by atoms with E-state index in [1.807, 2.05) is 0 Å². The van der Waals surface area contributed by atoms with Crippen molar-refractivity contribution in [1.82, 2.24) is 4.90 Å².